The third-order valence-corrected chi connectivity index (χ3v) is 3.48. The molecule has 1 aliphatic heterocycles. The number of carboxylic acid groups (broad SMARTS) is 1. The van der Waals surface area contributed by atoms with E-state index < -0.39 is 17.4 Å². The lowest BCUT2D eigenvalue weighted by Crippen LogP contribution is -2.50. The molecule has 1 unspecified atom stereocenters. The smallest absolute Gasteiger partial charge is 0.305 e. The summed E-state index contributed by atoms with van der Waals surface area (Å²) in [6.07, 6.45) is 1.38. The van der Waals surface area contributed by atoms with Crippen molar-refractivity contribution in [2.24, 2.45) is 5.41 Å². The zero-order valence-corrected chi connectivity index (χ0v) is 12.7. The number of carbonyl (C=O) groups excluding carboxylic acids is 2. The Bertz CT molecular complexity index is 400. The standard InChI is InChI=1S/C14H24N2O4/c1-14(2,3)13(20)16-8-5-6-10(16)12(19)15(4)9-7-11(17)18/h10H,5-9H2,1-4H3,(H,17,18). The van der Waals surface area contributed by atoms with E-state index in [1.165, 1.54) is 4.90 Å². The van der Waals surface area contributed by atoms with Gasteiger partial charge in [-0.3, -0.25) is 14.4 Å². The summed E-state index contributed by atoms with van der Waals surface area (Å²) in [6.45, 7) is 6.28. The van der Waals surface area contributed by atoms with E-state index in [9.17, 15) is 14.4 Å². The highest BCUT2D eigenvalue weighted by Crippen LogP contribution is 2.26. The van der Waals surface area contributed by atoms with Crippen molar-refractivity contribution in [1.29, 1.82) is 0 Å². The van der Waals surface area contributed by atoms with Gasteiger partial charge in [0, 0.05) is 25.6 Å². The van der Waals surface area contributed by atoms with Gasteiger partial charge < -0.3 is 14.9 Å². The molecule has 0 spiro atoms. The zero-order chi connectivity index (χ0) is 15.5. The molecule has 0 aromatic heterocycles. The molecule has 20 heavy (non-hydrogen) atoms. The van der Waals surface area contributed by atoms with Gasteiger partial charge in [-0.05, 0) is 12.8 Å². The molecule has 1 fully saturated rings. The van der Waals surface area contributed by atoms with Crippen molar-refractivity contribution in [3.05, 3.63) is 0 Å². The lowest BCUT2D eigenvalue weighted by molar-refractivity contribution is -0.148. The molecule has 0 aliphatic carbocycles. The van der Waals surface area contributed by atoms with Crippen molar-refractivity contribution < 1.29 is 19.5 Å². The maximum Gasteiger partial charge on any atom is 0.305 e. The van der Waals surface area contributed by atoms with Crippen molar-refractivity contribution in [2.45, 2.75) is 46.1 Å². The number of nitrogens with zero attached hydrogens (tertiary/aromatic N) is 2. The molecule has 1 rings (SSSR count). The number of amides is 2. The van der Waals surface area contributed by atoms with Crippen LogP contribution >= 0.6 is 0 Å². The molecular weight excluding hydrogens is 260 g/mol. The second kappa shape index (κ2) is 6.24. The van der Waals surface area contributed by atoms with Gasteiger partial charge in [-0.15, -0.1) is 0 Å². The highest BCUT2D eigenvalue weighted by atomic mass is 16.4. The highest BCUT2D eigenvalue weighted by molar-refractivity contribution is 5.90. The molecule has 1 atom stereocenters. The number of carbonyl (C=O) groups is 3. The molecule has 0 radical (unpaired) electrons. The van der Waals surface area contributed by atoms with Crippen LogP contribution in [0.4, 0.5) is 0 Å². The van der Waals surface area contributed by atoms with Crippen molar-refractivity contribution in [3.8, 4) is 0 Å². The number of likely N-dealkylation sites (tertiary alicyclic amines) is 1. The molecule has 6 heteroatoms. The number of likely N-dealkylation sites (N-methyl/N-ethyl adjacent to an activating group) is 1. The minimum atomic E-state index is -0.932. The molecule has 0 saturated carbocycles. The first-order chi connectivity index (χ1) is 9.14. The second-order valence-electron chi connectivity index (χ2n) is 6.31. The molecule has 114 valence electrons. The fraction of sp³-hybridized carbons (Fsp3) is 0.786. The van der Waals surface area contributed by atoms with E-state index in [1.54, 1.807) is 11.9 Å². The Morgan fingerprint density at radius 1 is 1.30 bits per heavy atom. The summed E-state index contributed by atoms with van der Waals surface area (Å²) in [5.41, 5.74) is -0.511. The SMILES string of the molecule is CN(CCC(=O)O)C(=O)C1CCCN1C(=O)C(C)(C)C. The van der Waals surface area contributed by atoms with Crippen LogP contribution in [0.15, 0.2) is 0 Å². The number of rotatable bonds is 4. The average molecular weight is 284 g/mol. The van der Waals surface area contributed by atoms with E-state index >= 15 is 0 Å². The summed E-state index contributed by atoms with van der Waals surface area (Å²) in [4.78, 5) is 38.3. The van der Waals surface area contributed by atoms with E-state index in [2.05, 4.69) is 0 Å². The molecule has 1 heterocycles. The number of hydrogen-bond donors (Lipinski definition) is 1. The minimum Gasteiger partial charge on any atom is -0.481 e. The maximum absolute atomic E-state index is 12.3. The molecule has 1 N–H and O–H groups in total. The van der Waals surface area contributed by atoms with Crippen LogP contribution in [0.5, 0.6) is 0 Å². The van der Waals surface area contributed by atoms with Crippen LogP contribution in [0.25, 0.3) is 0 Å². The van der Waals surface area contributed by atoms with Crippen molar-refractivity contribution in [3.63, 3.8) is 0 Å². The Kier molecular flexibility index (Phi) is 5.14. The monoisotopic (exact) mass is 284 g/mol. The van der Waals surface area contributed by atoms with Gasteiger partial charge in [0.1, 0.15) is 6.04 Å². The van der Waals surface area contributed by atoms with Crippen LogP contribution < -0.4 is 0 Å². The quantitative estimate of drug-likeness (QED) is 0.834. The summed E-state index contributed by atoms with van der Waals surface area (Å²) in [5, 5.41) is 8.65. The van der Waals surface area contributed by atoms with Gasteiger partial charge in [0.2, 0.25) is 11.8 Å². The summed E-state index contributed by atoms with van der Waals surface area (Å²) < 4.78 is 0. The summed E-state index contributed by atoms with van der Waals surface area (Å²) in [5.74, 6) is -1.12. The van der Waals surface area contributed by atoms with Crippen molar-refractivity contribution >= 4 is 17.8 Å². The normalized spacial score (nSPS) is 19.0. The highest BCUT2D eigenvalue weighted by Gasteiger charge is 2.39. The Morgan fingerprint density at radius 3 is 2.40 bits per heavy atom. The largest absolute Gasteiger partial charge is 0.481 e. The molecule has 0 aromatic carbocycles. The molecular formula is C14H24N2O4. The summed E-state index contributed by atoms with van der Waals surface area (Å²) in [6, 6.07) is -0.444. The van der Waals surface area contributed by atoms with Crippen LogP contribution in [0.3, 0.4) is 0 Å². The van der Waals surface area contributed by atoms with Gasteiger partial charge in [0.25, 0.3) is 0 Å². The van der Waals surface area contributed by atoms with Crippen molar-refractivity contribution in [1.82, 2.24) is 9.80 Å². The van der Waals surface area contributed by atoms with Crippen LogP contribution in [0.2, 0.25) is 0 Å². The number of hydrogen-bond acceptors (Lipinski definition) is 3. The first-order valence-electron chi connectivity index (χ1n) is 6.92. The molecule has 2 amide bonds. The molecule has 0 bridgehead atoms. The van der Waals surface area contributed by atoms with E-state index in [4.69, 9.17) is 5.11 Å². The lowest BCUT2D eigenvalue weighted by Gasteiger charge is -2.32. The van der Waals surface area contributed by atoms with Crippen LogP contribution in [0.1, 0.15) is 40.0 Å². The maximum atomic E-state index is 12.3. The first-order valence-corrected chi connectivity index (χ1v) is 6.92. The third-order valence-electron chi connectivity index (χ3n) is 3.48. The molecule has 1 aliphatic rings. The topological polar surface area (TPSA) is 77.9 Å². The third kappa shape index (κ3) is 3.95. The van der Waals surface area contributed by atoms with Gasteiger partial charge >= 0.3 is 5.97 Å². The van der Waals surface area contributed by atoms with Crippen LogP contribution in [-0.2, 0) is 14.4 Å². The predicted octanol–water partition coefficient (Wildman–Crippen LogP) is 0.957. The fourth-order valence-electron chi connectivity index (χ4n) is 2.33. The number of carboxylic acids is 1. The fourth-order valence-corrected chi connectivity index (χ4v) is 2.33. The average Bonchev–Trinajstić information content (AvgIpc) is 2.81. The summed E-state index contributed by atoms with van der Waals surface area (Å²) in [7, 11) is 1.59. The first kappa shape index (κ1) is 16.5. The van der Waals surface area contributed by atoms with Gasteiger partial charge in [0.05, 0.1) is 6.42 Å². The van der Waals surface area contributed by atoms with E-state index in [0.29, 0.717) is 13.0 Å². The van der Waals surface area contributed by atoms with Gasteiger partial charge in [-0.2, -0.15) is 0 Å². The molecule has 1 saturated heterocycles. The van der Waals surface area contributed by atoms with Crippen molar-refractivity contribution in [2.75, 3.05) is 20.1 Å². The Hall–Kier alpha value is -1.59. The van der Waals surface area contributed by atoms with Gasteiger partial charge in [-0.25, -0.2) is 0 Å². The Balaban J connectivity index is 2.71. The van der Waals surface area contributed by atoms with E-state index in [0.717, 1.165) is 6.42 Å². The lowest BCUT2D eigenvalue weighted by atomic mass is 9.94. The summed E-state index contributed by atoms with van der Waals surface area (Å²) >= 11 is 0. The predicted molar refractivity (Wildman–Crippen MR) is 74.1 cm³/mol. The van der Waals surface area contributed by atoms with Gasteiger partial charge in [-0.1, -0.05) is 20.8 Å². The van der Waals surface area contributed by atoms with Crippen LogP contribution in [0, 0.1) is 5.41 Å². The number of aliphatic carboxylic acids is 1. The molecule has 6 nitrogen and oxygen atoms in total. The van der Waals surface area contributed by atoms with E-state index in [1.807, 2.05) is 20.8 Å². The molecule has 0 aromatic rings. The second-order valence-corrected chi connectivity index (χ2v) is 6.31. The van der Waals surface area contributed by atoms with Gasteiger partial charge in [0.15, 0.2) is 0 Å². The zero-order valence-electron chi connectivity index (χ0n) is 12.7. The van der Waals surface area contributed by atoms with Crippen LogP contribution in [-0.4, -0.2) is 58.9 Å². The Labute approximate surface area is 119 Å². The van der Waals surface area contributed by atoms with E-state index in [-0.39, 0.29) is 24.8 Å². The Morgan fingerprint density at radius 2 is 1.90 bits per heavy atom. The minimum absolute atomic E-state index is 0.0278.